The number of anilines is 1. The molecular formula is C16H16Cl2N2O3. The van der Waals surface area contributed by atoms with E-state index in [2.05, 4.69) is 5.32 Å². The molecule has 23 heavy (non-hydrogen) atoms. The number of benzene rings is 1. The number of aryl methyl sites for hydroxylation is 1. The fourth-order valence-corrected chi connectivity index (χ4v) is 2.47. The molecule has 0 saturated carbocycles. The molecule has 1 heterocycles. The second-order valence-corrected chi connectivity index (χ2v) is 5.79. The third kappa shape index (κ3) is 5.01. The van der Waals surface area contributed by atoms with E-state index in [0.717, 1.165) is 5.76 Å². The van der Waals surface area contributed by atoms with E-state index < -0.39 is 0 Å². The van der Waals surface area contributed by atoms with Gasteiger partial charge in [-0.15, -0.1) is 0 Å². The first kappa shape index (κ1) is 17.4. The summed E-state index contributed by atoms with van der Waals surface area (Å²) >= 11 is 12.0. The molecule has 0 aliphatic rings. The van der Waals surface area contributed by atoms with E-state index in [1.54, 1.807) is 43.6 Å². The number of carbonyl (C=O) groups excluding carboxylic acids is 2. The lowest BCUT2D eigenvalue weighted by Gasteiger charge is -2.17. The van der Waals surface area contributed by atoms with Gasteiger partial charge in [-0.3, -0.25) is 9.59 Å². The third-order valence-corrected chi connectivity index (χ3v) is 3.83. The van der Waals surface area contributed by atoms with Crippen molar-refractivity contribution in [3.05, 3.63) is 52.4 Å². The van der Waals surface area contributed by atoms with Gasteiger partial charge in [0.2, 0.25) is 11.8 Å². The van der Waals surface area contributed by atoms with Crippen LogP contribution in [0.4, 0.5) is 5.69 Å². The van der Waals surface area contributed by atoms with Crippen molar-refractivity contribution in [1.82, 2.24) is 4.90 Å². The van der Waals surface area contributed by atoms with Crippen molar-refractivity contribution < 1.29 is 14.0 Å². The van der Waals surface area contributed by atoms with E-state index in [0.29, 0.717) is 22.2 Å². The second kappa shape index (κ2) is 8.04. The number of halogens is 2. The van der Waals surface area contributed by atoms with Crippen LogP contribution in [-0.4, -0.2) is 30.3 Å². The molecule has 0 saturated heterocycles. The molecule has 0 radical (unpaired) electrons. The Labute approximate surface area is 144 Å². The number of amides is 2. The Morgan fingerprint density at radius 3 is 2.48 bits per heavy atom. The molecule has 2 aromatic rings. The molecule has 0 bridgehead atoms. The molecule has 1 N–H and O–H groups in total. The largest absolute Gasteiger partial charge is 0.469 e. The number of para-hydroxylation sites is 1. The Morgan fingerprint density at radius 2 is 1.87 bits per heavy atom. The zero-order valence-electron chi connectivity index (χ0n) is 12.5. The van der Waals surface area contributed by atoms with Crippen molar-refractivity contribution in [3.63, 3.8) is 0 Å². The normalized spacial score (nSPS) is 10.4. The summed E-state index contributed by atoms with van der Waals surface area (Å²) in [6.45, 7) is -0.0848. The molecule has 5 nitrogen and oxygen atoms in total. The molecule has 7 heteroatoms. The quantitative estimate of drug-likeness (QED) is 0.861. The average Bonchev–Trinajstić information content (AvgIpc) is 3.02. The van der Waals surface area contributed by atoms with Crippen LogP contribution >= 0.6 is 23.2 Å². The summed E-state index contributed by atoms with van der Waals surface area (Å²) < 4.78 is 5.17. The smallest absolute Gasteiger partial charge is 0.244 e. The highest BCUT2D eigenvalue weighted by Crippen LogP contribution is 2.29. The highest BCUT2D eigenvalue weighted by Gasteiger charge is 2.15. The molecule has 2 amide bonds. The first-order chi connectivity index (χ1) is 11.0. The van der Waals surface area contributed by atoms with Gasteiger partial charge in [-0.2, -0.15) is 0 Å². The van der Waals surface area contributed by atoms with Crippen LogP contribution in [0.25, 0.3) is 0 Å². The van der Waals surface area contributed by atoms with Crippen molar-refractivity contribution in [1.29, 1.82) is 0 Å². The topological polar surface area (TPSA) is 62.6 Å². The van der Waals surface area contributed by atoms with Crippen LogP contribution in [-0.2, 0) is 16.0 Å². The monoisotopic (exact) mass is 354 g/mol. The number of furan rings is 1. The van der Waals surface area contributed by atoms with E-state index in [-0.39, 0.29) is 24.8 Å². The molecule has 0 aliphatic heterocycles. The summed E-state index contributed by atoms with van der Waals surface area (Å²) in [6, 6.07) is 8.51. The van der Waals surface area contributed by atoms with Crippen LogP contribution in [0.3, 0.4) is 0 Å². The van der Waals surface area contributed by atoms with Crippen molar-refractivity contribution in [2.24, 2.45) is 0 Å². The summed E-state index contributed by atoms with van der Waals surface area (Å²) in [5.74, 6) is 0.217. The number of hydrogen-bond donors (Lipinski definition) is 1. The van der Waals surface area contributed by atoms with Crippen molar-refractivity contribution >= 4 is 40.7 Å². The van der Waals surface area contributed by atoms with Crippen LogP contribution in [0.15, 0.2) is 41.0 Å². The van der Waals surface area contributed by atoms with Crippen molar-refractivity contribution in [3.8, 4) is 0 Å². The van der Waals surface area contributed by atoms with E-state index >= 15 is 0 Å². The fourth-order valence-electron chi connectivity index (χ4n) is 1.98. The van der Waals surface area contributed by atoms with Gasteiger partial charge >= 0.3 is 0 Å². The first-order valence-corrected chi connectivity index (χ1v) is 7.73. The Morgan fingerprint density at radius 1 is 1.17 bits per heavy atom. The molecule has 1 aromatic carbocycles. The Kier molecular flexibility index (Phi) is 6.07. The Balaban J connectivity index is 1.85. The molecule has 0 unspecified atom stereocenters. The summed E-state index contributed by atoms with van der Waals surface area (Å²) in [6.07, 6.45) is 2.32. The fraction of sp³-hybridized carbons (Fsp3) is 0.250. The van der Waals surface area contributed by atoms with Crippen molar-refractivity contribution in [2.75, 3.05) is 18.9 Å². The zero-order chi connectivity index (χ0) is 16.8. The van der Waals surface area contributed by atoms with Gasteiger partial charge in [0.15, 0.2) is 0 Å². The number of likely N-dealkylation sites (N-methyl/N-ethyl adjacent to an activating group) is 1. The van der Waals surface area contributed by atoms with Gasteiger partial charge in [0.05, 0.1) is 28.5 Å². The summed E-state index contributed by atoms with van der Waals surface area (Å²) in [4.78, 5) is 25.4. The van der Waals surface area contributed by atoms with E-state index in [4.69, 9.17) is 27.6 Å². The SMILES string of the molecule is CN(CC(=O)Nc1c(Cl)cccc1Cl)C(=O)CCc1ccco1. The first-order valence-electron chi connectivity index (χ1n) is 6.97. The maximum atomic E-state index is 12.0. The van der Waals surface area contributed by atoms with Gasteiger partial charge in [0, 0.05) is 19.9 Å². The highest BCUT2D eigenvalue weighted by molar-refractivity contribution is 6.39. The number of nitrogens with zero attached hydrogens (tertiary/aromatic N) is 1. The maximum Gasteiger partial charge on any atom is 0.244 e. The van der Waals surface area contributed by atoms with Crippen LogP contribution < -0.4 is 5.32 Å². The minimum atomic E-state index is -0.367. The van der Waals surface area contributed by atoms with Crippen LogP contribution in [0, 0.1) is 0 Å². The van der Waals surface area contributed by atoms with Gasteiger partial charge in [0.25, 0.3) is 0 Å². The van der Waals surface area contributed by atoms with Gasteiger partial charge in [-0.25, -0.2) is 0 Å². The minimum Gasteiger partial charge on any atom is -0.469 e. The third-order valence-electron chi connectivity index (χ3n) is 3.20. The standard InChI is InChI=1S/C16H16Cl2N2O3/c1-20(15(22)8-7-11-4-3-9-23-11)10-14(21)19-16-12(17)5-2-6-13(16)18/h2-6,9H,7-8,10H2,1H3,(H,19,21). The molecule has 0 aliphatic carbocycles. The average molecular weight is 355 g/mol. The molecule has 0 spiro atoms. The molecule has 0 atom stereocenters. The van der Waals surface area contributed by atoms with Gasteiger partial charge in [-0.05, 0) is 24.3 Å². The maximum absolute atomic E-state index is 12.0. The van der Waals surface area contributed by atoms with Crippen LogP contribution in [0.2, 0.25) is 10.0 Å². The van der Waals surface area contributed by atoms with Crippen LogP contribution in [0.1, 0.15) is 12.2 Å². The number of carbonyl (C=O) groups is 2. The Bertz CT molecular complexity index is 666. The number of hydrogen-bond acceptors (Lipinski definition) is 3. The summed E-state index contributed by atoms with van der Waals surface area (Å²) in [5.41, 5.74) is 0.345. The van der Waals surface area contributed by atoms with E-state index in [1.165, 1.54) is 4.90 Å². The van der Waals surface area contributed by atoms with Gasteiger partial charge in [0.1, 0.15) is 5.76 Å². The van der Waals surface area contributed by atoms with E-state index in [9.17, 15) is 9.59 Å². The lowest BCUT2D eigenvalue weighted by atomic mass is 10.2. The van der Waals surface area contributed by atoms with Crippen molar-refractivity contribution in [2.45, 2.75) is 12.8 Å². The molecule has 122 valence electrons. The zero-order valence-corrected chi connectivity index (χ0v) is 14.0. The molecular weight excluding hydrogens is 339 g/mol. The molecule has 0 fully saturated rings. The second-order valence-electron chi connectivity index (χ2n) is 4.97. The minimum absolute atomic E-state index is 0.0848. The van der Waals surface area contributed by atoms with Crippen LogP contribution in [0.5, 0.6) is 0 Å². The number of nitrogens with one attached hydrogen (secondary N) is 1. The lowest BCUT2D eigenvalue weighted by molar-refractivity contribution is -0.133. The highest BCUT2D eigenvalue weighted by atomic mass is 35.5. The Hall–Kier alpha value is -1.98. The lowest BCUT2D eigenvalue weighted by Crippen LogP contribution is -2.35. The van der Waals surface area contributed by atoms with Gasteiger partial charge < -0.3 is 14.6 Å². The summed E-state index contributed by atoms with van der Waals surface area (Å²) in [5, 5.41) is 3.31. The number of rotatable bonds is 6. The van der Waals surface area contributed by atoms with E-state index in [1.807, 2.05) is 0 Å². The summed E-state index contributed by atoms with van der Waals surface area (Å²) in [7, 11) is 1.57. The predicted molar refractivity (Wildman–Crippen MR) is 89.8 cm³/mol. The predicted octanol–water partition coefficient (Wildman–Crippen LogP) is 3.62. The molecule has 1 aromatic heterocycles. The van der Waals surface area contributed by atoms with Gasteiger partial charge in [-0.1, -0.05) is 29.3 Å². The molecule has 2 rings (SSSR count).